The molecule has 0 aromatic heterocycles. The summed E-state index contributed by atoms with van der Waals surface area (Å²) in [5.41, 5.74) is 1.98. The number of hydrogen-bond acceptors (Lipinski definition) is 5. The van der Waals surface area contributed by atoms with Crippen LogP contribution in [0.4, 0.5) is 11.4 Å². The number of amides is 1. The molecule has 0 unspecified atom stereocenters. The number of fused-ring (bicyclic) bond motifs is 1. The van der Waals surface area contributed by atoms with Gasteiger partial charge in [0.15, 0.2) is 0 Å². The van der Waals surface area contributed by atoms with E-state index in [1.54, 1.807) is 18.2 Å². The van der Waals surface area contributed by atoms with Crippen LogP contribution in [0.3, 0.4) is 0 Å². The largest absolute Gasteiger partial charge is 0.465 e. The molecule has 1 amide bonds. The van der Waals surface area contributed by atoms with Crippen molar-refractivity contribution in [2.75, 3.05) is 17.1 Å². The Kier molecular flexibility index (Phi) is 7.17. The van der Waals surface area contributed by atoms with Crippen LogP contribution in [0.1, 0.15) is 22.8 Å². The Morgan fingerprint density at radius 1 is 0.833 bits per heavy atom. The van der Waals surface area contributed by atoms with Crippen molar-refractivity contribution in [3.63, 3.8) is 0 Å². The number of anilines is 2. The van der Waals surface area contributed by atoms with E-state index in [1.807, 2.05) is 49.4 Å². The van der Waals surface area contributed by atoms with Crippen molar-refractivity contribution < 1.29 is 22.7 Å². The molecular weight excluding hydrogens is 476 g/mol. The lowest BCUT2D eigenvalue weighted by Gasteiger charge is -2.13. The highest BCUT2D eigenvalue weighted by Gasteiger charge is 2.18. The van der Waals surface area contributed by atoms with Crippen molar-refractivity contribution in [2.24, 2.45) is 0 Å². The predicted octanol–water partition coefficient (Wildman–Crippen LogP) is 5.47. The van der Waals surface area contributed by atoms with Crippen LogP contribution >= 0.6 is 0 Å². The fraction of sp³-hybridized carbons (Fsp3) is 0.0714. The summed E-state index contributed by atoms with van der Waals surface area (Å²) in [5.74, 6) is -1.15. The summed E-state index contributed by atoms with van der Waals surface area (Å²) in [4.78, 5) is 25.2. The molecule has 0 aliphatic carbocycles. The van der Waals surface area contributed by atoms with Gasteiger partial charge in [0.05, 0.1) is 28.9 Å². The molecule has 0 fully saturated rings. The van der Waals surface area contributed by atoms with Crippen LogP contribution in [0, 0.1) is 0 Å². The van der Waals surface area contributed by atoms with Gasteiger partial charge in [-0.1, -0.05) is 54.6 Å². The second-order valence-corrected chi connectivity index (χ2v) is 9.73. The van der Waals surface area contributed by atoms with Crippen LogP contribution in [-0.4, -0.2) is 27.4 Å². The van der Waals surface area contributed by atoms with Crippen molar-refractivity contribution in [1.82, 2.24) is 0 Å². The van der Waals surface area contributed by atoms with E-state index >= 15 is 0 Å². The second kappa shape index (κ2) is 10.5. The third-order valence-corrected chi connectivity index (χ3v) is 6.94. The molecule has 0 aliphatic rings. The van der Waals surface area contributed by atoms with Gasteiger partial charge in [0, 0.05) is 6.08 Å². The maximum absolute atomic E-state index is 12.9. The summed E-state index contributed by atoms with van der Waals surface area (Å²) in [6, 6.07) is 25.9. The molecular formula is C28H24N2O5S. The molecule has 4 rings (SSSR count). The van der Waals surface area contributed by atoms with E-state index in [0.717, 1.165) is 21.9 Å². The van der Waals surface area contributed by atoms with E-state index in [0.29, 0.717) is 0 Å². The molecule has 36 heavy (non-hydrogen) atoms. The van der Waals surface area contributed by atoms with Crippen LogP contribution < -0.4 is 10.0 Å². The highest BCUT2D eigenvalue weighted by Crippen LogP contribution is 2.25. The molecule has 2 N–H and O–H groups in total. The summed E-state index contributed by atoms with van der Waals surface area (Å²) < 4.78 is 32.7. The van der Waals surface area contributed by atoms with Gasteiger partial charge in [0.2, 0.25) is 5.91 Å². The number of hydrogen-bond donors (Lipinski definition) is 2. The maximum Gasteiger partial charge on any atom is 0.339 e. The second-order valence-electron chi connectivity index (χ2n) is 8.05. The smallest absolute Gasteiger partial charge is 0.339 e. The zero-order chi connectivity index (χ0) is 25.7. The fourth-order valence-electron chi connectivity index (χ4n) is 3.70. The number of benzene rings is 4. The molecule has 0 radical (unpaired) electrons. The van der Waals surface area contributed by atoms with Crippen molar-refractivity contribution >= 4 is 49.6 Å². The van der Waals surface area contributed by atoms with E-state index in [-0.39, 0.29) is 21.8 Å². The van der Waals surface area contributed by atoms with Gasteiger partial charge in [-0.2, -0.15) is 0 Å². The Labute approximate surface area is 209 Å². The Bertz CT molecular complexity index is 1580. The van der Waals surface area contributed by atoms with Crippen LogP contribution in [0.25, 0.3) is 16.3 Å². The standard InChI is InChI=1S/C28H24N2O5S/c1-19(21-13-12-20-8-6-7-9-22(20)17-21)16-27(31)29-26-18-23(14-15-25(26)28(32)35-2)30-36(33,34)24-10-4-3-5-11-24/h3-18,30H,1-2H3,(H,29,31). The predicted molar refractivity (Wildman–Crippen MR) is 141 cm³/mol. The van der Waals surface area contributed by atoms with Crippen molar-refractivity contribution in [1.29, 1.82) is 0 Å². The zero-order valence-corrected chi connectivity index (χ0v) is 20.5. The number of carbonyl (C=O) groups excluding carboxylic acids is 2. The normalized spacial score (nSPS) is 11.7. The first-order chi connectivity index (χ1) is 17.3. The Morgan fingerprint density at radius 2 is 1.53 bits per heavy atom. The first-order valence-corrected chi connectivity index (χ1v) is 12.5. The van der Waals surface area contributed by atoms with E-state index < -0.39 is 21.9 Å². The van der Waals surface area contributed by atoms with Crippen LogP contribution in [0.2, 0.25) is 0 Å². The summed E-state index contributed by atoms with van der Waals surface area (Å²) in [6.45, 7) is 1.81. The summed E-state index contributed by atoms with van der Waals surface area (Å²) >= 11 is 0. The average molecular weight is 501 g/mol. The lowest BCUT2D eigenvalue weighted by atomic mass is 10.0. The van der Waals surface area contributed by atoms with E-state index in [4.69, 9.17) is 4.74 Å². The van der Waals surface area contributed by atoms with E-state index in [1.165, 1.54) is 43.5 Å². The SMILES string of the molecule is COC(=O)c1ccc(NS(=O)(=O)c2ccccc2)cc1NC(=O)C=C(C)c1ccc2ccccc2c1. The van der Waals surface area contributed by atoms with Gasteiger partial charge in [0.1, 0.15) is 0 Å². The highest BCUT2D eigenvalue weighted by molar-refractivity contribution is 7.92. The van der Waals surface area contributed by atoms with Gasteiger partial charge in [-0.25, -0.2) is 13.2 Å². The minimum absolute atomic E-state index is 0.0848. The molecule has 7 nitrogen and oxygen atoms in total. The molecule has 0 saturated carbocycles. The molecule has 0 spiro atoms. The Balaban J connectivity index is 1.61. The van der Waals surface area contributed by atoms with Crippen molar-refractivity contribution in [3.8, 4) is 0 Å². The lowest BCUT2D eigenvalue weighted by molar-refractivity contribution is -0.111. The fourth-order valence-corrected chi connectivity index (χ4v) is 4.77. The summed E-state index contributed by atoms with van der Waals surface area (Å²) in [5, 5.41) is 4.82. The Hall–Kier alpha value is -4.43. The van der Waals surface area contributed by atoms with Crippen LogP contribution in [0.15, 0.2) is 102 Å². The molecule has 4 aromatic rings. The number of methoxy groups -OCH3 is 1. The molecule has 0 bridgehead atoms. The van der Waals surface area contributed by atoms with E-state index in [2.05, 4.69) is 10.0 Å². The summed E-state index contributed by atoms with van der Waals surface area (Å²) in [7, 11) is -2.64. The van der Waals surface area contributed by atoms with Crippen molar-refractivity contribution in [2.45, 2.75) is 11.8 Å². The zero-order valence-electron chi connectivity index (χ0n) is 19.7. The van der Waals surface area contributed by atoms with Gasteiger partial charge in [-0.05, 0) is 65.2 Å². The Morgan fingerprint density at radius 3 is 2.25 bits per heavy atom. The number of allylic oxidation sites excluding steroid dienone is 1. The number of nitrogens with one attached hydrogen (secondary N) is 2. The maximum atomic E-state index is 12.9. The molecule has 0 aliphatic heterocycles. The third kappa shape index (κ3) is 5.61. The quantitative estimate of drug-likeness (QED) is 0.259. The molecule has 8 heteroatoms. The van der Waals surface area contributed by atoms with Gasteiger partial charge in [-0.3, -0.25) is 9.52 Å². The number of rotatable bonds is 7. The average Bonchev–Trinajstić information content (AvgIpc) is 2.88. The topological polar surface area (TPSA) is 102 Å². The number of sulfonamides is 1. The number of ether oxygens (including phenoxy) is 1. The van der Waals surface area contributed by atoms with Gasteiger partial charge >= 0.3 is 5.97 Å². The molecule has 182 valence electrons. The van der Waals surface area contributed by atoms with E-state index in [9.17, 15) is 18.0 Å². The molecule has 0 saturated heterocycles. The lowest BCUT2D eigenvalue weighted by Crippen LogP contribution is -2.16. The third-order valence-electron chi connectivity index (χ3n) is 5.54. The molecule has 0 atom stereocenters. The first kappa shape index (κ1) is 24.7. The van der Waals surface area contributed by atoms with Crippen LogP contribution in [0.5, 0.6) is 0 Å². The van der Waals surface area contributed by atoms with Gasteiger partial charge in [-0.15, -0.1) is 0 Å². The van der Waals surface area contributed by atoms with Gasteiger partial charge < -0.3 is 10.1 Å². The molecule has 4 aromatic carbocycles. The highest BCUT2D eigenvalue weighted by atomic mass is 32.2. The monoisotopic (exact) mass is 500 g/mol. The minimum Gasteiger partial charge on any atom is -0.465 e. The minimum atomic E-state index is -3.86. The van der Waals surface area contributed by atoms with Gasteiger partial charge in [0.25, 0.3) is 10.0 Å². The molecule has 0 heterocycles. The van der Waals surface area contributed by atoms with Crippen molar-refractivity contribution in [3.05, 3.63) is 108 Å². The first-order valence-electron chi connectivity index (χ1n) is 11.1. The van der Waals surface area contributed by atoms with Crippen LogP contribution in [-0.2, 0) is 19.6 Å². The number of carbonyl (C=O) groups is 2. The summed E-state index contributed by atoms with van der Waals surface area (Å²) in [6.07, 6.45) is 1.42. The number of esters is 1.